The molecular weight excluding hydrogens is 296 g/mol. The molecule has 1 aliphatic rings. The van der Waals surface area contributed by atoms with E-state index in [9.17, 15) is 14.7 Å². The van der Waals surface area contributed by atoms with Crippen molar-refractivity contribution >= 4 is 27.7 Å². The van der Waals surface area contributed by atoms with E-state index in [4.69, 9.17) is 0 Å². The van der Waals surface area contributed by atoms with E-state index in [0.717, 1.165) is 22.9 Å². The van der Waals surface area contributed by atoms with E-state index in [1.807, 2.05) is 24.3 Å². The largest absolute Gasteiger partial charge is 0.480 e. The van der Waals surface area contributed by atoms with Crippen molar-refractivity contribution in [2.45, 2.75) is 32.1 Å². The molecule has 18 heavy (non-hydrogen) atoms. The monoisotopic (exact) mass is 310 g/mol. The van der Waals surface area contributed by atoms with Crippen molar-refractivity contribution in [3.8, 4) is 0 Å². The second-order valence-corrected chi connectivity index (χ2v) is 5.74. The summed E-state index contributed by atoms with van der Waals surface area (Å²) in [6.45, 7) is 0. The third-order valence-corrected chi connectivity index (χ3v) is 4.15. The van der Waals surface area contributed by atoms with Gasteiger partial charge in [0.2, 0.25) is 0 Å². The summed E-state index contributed by atoms with van der Waals surface area (Å²) in [6, 6.07) is 7.49. The van der Waals surface area contributed by atoms with Crippen molar-refractivity contribution in [1.29, 1.82) is 0 Å². The Morgan fingerprint density at radius 1 is 1.28 bits per heavy atom. The van der Waals surface area contributed by atoms with Gasteiger partial charge < -0.3 is 5.11 Å². The van der Waals surface area contributed by atoms with Gasteiger partial charge in [-0.25, -0.2) is 0 Å². The number of carbonyl (C=O) groups is 2. The lowest BCUT2D eigenvalue weighted by molar-refractivity contribution is -0.157. The molecule has 0 radical (unpaired) electrons. The molecule has 0 spiro atoms. The van der Waals surface area contributed by atoms with Gasteiger partial charge >= 0.3 is 5.97 Å². The Kier molecular flexibility index (Phi) is 3.85. The molecule has 2 rings (SSSR count). The molecule has 1 atom stereocenters. The topological polar surface area (TPSA) is 54.4 Å². The highest BCUT2D eigenvalue weighted by Crippen LogP contribution is 2.37. The third kappa shape index (κ3) is 2.48. The normalized spacial score (nSPS) is 23.9. The van der Waals surface area contributed by atoms with Crippen LogP contribution in [0.15, 0.2) is 28.7 Å². The van der Waals surface area contributed by atoms with Crippen molar-refractivity contribution in [3.05, 3.63) is 34.3 Å². The molecule has 0 bridgehead atoms. The van der Waals surface area contributed by atoms with Gasteiger partial charge in [0, 0.05) is 10.9 Å². The second kappa shape index (κ2) is 5.22. The van der Waals surface area contributed by atoms with E-state index >= 15 is 0 Å². The maximum Gasteiger partial charge on any atom is 0.317 e. The summed E-state index contributed by atoms with van der Waals surface area (Å²) in [6.07, 6.45) is 2.78. The number of aliphatic carboxylic acids is 1. The van der Waals surface area contributed by atoms with Gasteiger partial charge in [-0.05, 0) is 37.0 Å². The molecular formula is C14H15BrO3. The molecule has 1 N–H and O–H groups in total. The van der Waals surface area contributed by atoms with Crippen molar-refractivity contribution in [2.24, 2.45) is 5.41 Å². The summed E-state index contributed by atoms with van der Waals surface area (Å²) in [7, 11) is 0. The Labute approximate surface area is 114 Å². The zero-order chi connectivity index (χ0) is 13.2. The van der Waals surface area contributed by atoms with Gasteiger partial charge in [0.15, 0.2) is 5.78 Å². The number of hydrogen-bond donors (Lipinski definition) is 1. The van der Waals surface area contributed by atoms with Crippen molar-refractivity contribution in [2.75, 3.05) is 0 Å². The van der Waals surface area contributed by atoms with Crippen LogP contribution in [-0.4, -0.2) is 16.9 Å². The fraction of sp³-hybridized carbons (Fsp3) is 0.429. The molecule has 4 heteroatoms. The van der Waals surface area contributed by atoms with Crippen molar-refractivity contribution in [3.63, 3.8) is 0 Å². The van der Waals surface area contributed by atoms with Crippen LogP contribution in [0, 0.1) is 5.41 Å². The quantitative estimate of drug-likeness (QED) is 0.872. The molecule has 1 aromatic carbocycles. The molecule has 1 saturated carbocycles. The third-order valence-electron chi connectivity index (χ3n) is 3.62. The van der Waals surface area contributed by atoms with Gasteiger partial charge in [-0.1, -0.05) is 34.5 Å². The predicted octanol–water partition coefficient (Wildman–Crippen LogP) is 3.21. The molecule has 0 aromatic heterocycles. The van der Waals surface area contributed by atoms with E-state index in [1.54, 1.807) is 0 Å². The molecule has 1 aromatic rings. The summed E-state index contributed by atoms with van der Waals surface area (Å²) in [4.78, 5) is 23.6. The molecule has 0 aliphatic heterocycles. The van der Waals surface area contributed by atoms with E-state index in [1.165, 1.54) is 0 Å². The standard InChI is InChI=1S/C14H15BrO3/c15-11-6-4-10(5-7-11)9-14(13(17)18)8-2-1-3-12(14)16/h4-7H,1-3,8-9H2,(H,17,18). The summed E-state index contributed by atoms with van der Waals surface area (Å²) < 4.78 is 0.950. The van der Waals surface area contributed by atoms with Gasteiger partial charge in [0.05, 0.1) is 0 Å². The number of ketones is 1. The zero-order valence-corrected chi connectivity index (χ0v) is 11.6. The molecule has 0 saturated heterocycles. The van der Waals surface area contributed by atoms with Crippen LogP contribution in [0.5, 0.6) is 0 Å². The number of benzene rings is 1. The first-order valence-corrected chi connectivity index (χ1v) is 6.85. The maximum atomic E-state index is 12.0. The number of carboxylic acid groups (broad SMARTS) is 1. The molecule has 96 valence electrons. The Morgan fingerprint density at radius 3 is 2.50 bits per heavy atom. The summed E-state index contributed by atoms with van der Waals surface area (Å²) >= 11 is 3.34. The smallest absolute Gasteiger partial charge is 0.317 e. The summed E-state index contributed by atoms with van der Waals surface area (Å²) in [5.41, 5.74) is -0.303. The number of halogens is 1. The lowest BCUT2D eigenvalue weighted by Crippen LogP contribution is -2.43. The fourth-order valence-electron chi connectivity index (χ4n) is 2.53. The lowest BCUT2D eigenvalue weighted by Gasteiger charge is -2.31. The minimum atomic E-state index is -1.20. The first kappa shape index (κ1) is 13.3. The SMILES string of the molecule is O=C(O)C1(Cc2ccc(Br)cc2)CCCCC1=O. The first-order valence-electron chi connectivity index (χ1n) is 6.06. The Hall–Kier alpha value is -1.16. The lowest BCUT2D eigenvalue weighted by atomic mass is 9.69. The molecule has 1 unspecified atom stereocenters. The van der Waals surface area contributed by atoms with Crippen LogP contribution in [0.4, 0.5) is 0 Å². The van der Waals surface area contributed by atoms with Gasteiger partial charge in [-0.3, -0.25) is 9.59 Å². The Morgan fingerprint density at radius 2 is 1.94 bits per heavy atom. The average molecular weight is 311 g/mol. The minimum Gasteiger partial charge on any atom is -0.480 e. The number of carbonyl (C=O) groups excluding carboxylic acids is 1. The van der Waals surface area contributed by atoms with Crippen LogP contribution >= 0.6 is 15.9 Å². The molecule has 1 aliphatic carbocycles. The molecule has 0 heterocycles. The van der Waals surface area contributed by atoms with Crippen LogP contribution in [0.1, 0.15) is 31.2 Å². The number of rotatable bonds is 3. The van der Waals surface area contributed by atoms with Crippen LogP contribution in [0.25, 0.3) is 0 Å². The maximum absolute atomic E-state index is 12.0. The van der Waals surface area contributed by atoms with Crippen molar-refractivity contribution in [1.82, 2.24) is 0 Å². The van der Waals surface area contributed by atoms with Gasteiger partial charge in [0.25, 0.3) is 0 Å². The average Bonchev–Trinajstić information content (AvgIpc) is 2.35. The number of hydrogen-bond acceptors (Lipinski definition) is 2. The Balaban J connectivity index is 2.28. The molecule has 3 nitrogen and oxygen atoms in total. The highest BCUT2D eigenvalue weighted by Gasteiger charge is 2.46. The highest BCUT2D eigenvalue weighted by molar-refractivity contribution is 9.10. The van der Waals surface area contributed by atoms with Gasteiger partial charge in [-0.2, -0.15) is 0 Å². The fourth-order valence-corrected chi connectivity index (χ4v) is 2.79. The van der Waals surface area contributed by atoms with Crippen LogP contribution < -0.4 is 0 Å². The number of Topliss-reactive ketones (excluding diaryl/α,β-unsaturated/α-hetero) is 1. The second-order valence-electron chi connectivity index (χ2n) is 4.82. The minimum absolute atomic E-state index is 0.121. The van der Waals surface area contributed by atoms with Gasteiger partial charge in [0.1, 0.15) is 5.41 Å². The van der Waals surface area contributed by atoms with E-state index in [-0.39, 0.29) is 5.78 Å². The summed E-state index contributed by atoms with van der Waals surface area (Å²) in [5, 5.41) is 9.44. The van der Waals surface area contributed by atoms with E-state index in [0.29, 0.717) is 19.3 Å². The van der Waals surface area contributed by atoms with Crippen LogP contribution in [0.2, 0.25) is 0 Å². The first-order chi connectivity index (χ1) is 8.54. The Bertz CT molecular complexity index is 466. The van der Waals surface area contributed by atoms with Crippen LogP contribution in [-0.2, 0) is 16.0 Å². The van der Waals surface area contributed by atoms with E-state index < -0.39 is 11.4 Å². The van der Waals surface area contributed by atoms with Crippen LogP contribution in [0.3, 0.4) is 0 Å². The van der Waals surface area contributed by atoms with Crippen molar-refractivity contribution < 1.29 is 14.7 Å². The predicted molar refractivity (Wildman–Crippen MR) is 71.4 cm³/mol. The zero-order valence-electron chi connectivity index (χ0n) is 9.99. The van der Waals surface area contributed by atoms with E-state index in [2.05, 4.69) is 15.9 Å². The highest BCUT2D eigenvalue weighted by atomic mass is 79.9. The number of carboxylic acids is 1. The summed E-state index contributed by atoms with van der Waals surface area (Å²) in [5.74, 6) is -1.10. The molecule has 1 fully saturated rings. The molecule has 0 amide bonds. The van der Waals surface area contributed by atoms with Gasteiger partial charge in [-0.15, -0.1) is 0 Å².